The van der Waals surface area contributed by atoms with Gasteiger partial charge < -0.3 is 20.1 Å². The van der Waals surface area contributed by atoms with Gasteiger partial charge in [0.15, 0.2) is 0 Å². The third-order valence-electron chi connectivity index (χ3n) is 3.68. The Morgan fingerprint density at radius 3 is 2.71 bits per heavy atom. The first-order valence-electron chi connectivity index (χ1n) is 8.52. The molecule has 0 atom stereocenters. The molecule has 0 radical (unpaired) electrons. The highest BCUT2D eigenvalue weighted by molar-refractivity contribution is 5.97. The van der Waals surface area contributed by atoms with Gasteiger partial charge in [-0.25, -0.2) is 14.6 Å². The van der Waals surface area contributed by atoms with Gasteiger partial charge in [-0.3, -0.25) is 5.32 Å². The van der Waals surface area contributed by atoms with Crippen LogP contribution in [0.1, 0.15) is 6.92 Å². The molecule has 0 saturated carbocycles. The van der Waals surface area contributed by atoms with Crippen LogP contribution in [0, 0.1) is 0 Å². The molecule has 2 amide bonds. The Balaban J connectivity index is 1.83. The molecule has 0 aliphatic heterocycles. The molecule has 9 nitrogen and oxygen atoms in total. The number of rotatable bonds is 5. The summed E-state index contributed by atoms with van der Waals surface area (Å²) in [6.07, 6.45) is 0.819. The molecule has 0 bridgehead atoms. The van der Waals surface area contributed by atoms with Crippen LogP contribution < -0.4 is 20.7 Å². The van der Waals surface area contributed by atoms with E-state index in [-0.39, 0.29) is 11.9 Å². The van der Waals surface area contributed by atoms with Crippen LogP contribution in [0.5, 0.6) is 5.88 Å². The molecule has 0 aliphatic rings. The van der Waals surface area contributed by atoms with Gasteiger partial charge in [-0.2, -0.15) is 4.98 Å². The van der Waals surface area contributed by atoms with Crippen LogP contribution in [-0.4, -0.2) is 35.8 Å². The number of nitrogens with one attached hydrogen (secondary N) is 3. The summed E-state index contributed by atoms with van der Waals surface area (Å²) in [5, 5.41) is 10.2. The highest BCUT2D eigenvalue weighted by atomic mass is 16.7. The molecule has 1 aromatic carbocycles. The number of urea groups is 1. The Labute approximate surface area is 161 Å². The highest BCUT2D eigenvalue weighted by Crippen LogP contribution is 2.27. The van der Waals surface area contributed by atoms with E-state index < -0.39 is 6.16 Å². The first kappa shape index (κ1) is 18.9. The first-order chi connectivity index (χ1) is 13.6. The van der Waals surface area contributed by atoms with Crippen LogP contribution in [0.4, 0.5) is 26.9 Å². The third kappa shape index (κ3) is 4.64. The van der Waals surface area contributed by atoms with E-state index in [1.807, 2.05) is 25.1 Å². The van der Waals surface area contributed by atoms with Crippen molar-refractivity contribution in [2.75, 3.05) is 24.3 Å². The normalized spacial score (nSPS) is 10.2. The third-order valence-corrected chi connectivity index (χ3v) is 3.68. The van der Waals surface area contributed by atoms with Crippen molar-refractivity contribution < 1.29 is 19.1 Å². The minimum Gasteiger partial charge on any atom is -0.437 e. The van der Waals surface area contributed by atoms with Gasteiger partial charge in [0.2, 0.25) is 5.88 Å². The van der Waals surface area contributed by atoms with E-state index in [0.29, 0.717) is 18.2 Å². The van der Waals surface area contributed by atoms with Crippen molar-refractivity contribution in [3.05, 3.63) is 48.7 Å². The number of carbonyl (C=O) groups excluding carboxylic acids is 2. The summed E-state index contributed by atoms with van der Waals surface area (Å²) in [4.78, 5) is 31.4. The minimum absolute atomic E-state index is 0.114. The lowest BCUT2D eigenvalue weighted by molar-refractivity contribution is 0.120. The zero-order valence-electron chi connectivity index (χ0n) is 15.4. The van der Waals surface area contributed by atoms with E-state index in [1.54, 1.807) is 30.5 Å². The molecule has 0 fully saturated rings. The maximum Gasteiger partial charge on any atom is 0.514 e. The molecule has 0 saturated heterocycles. The number of pyridine rings is 2. The fraction of sp³-hybridized carbons (Fsp3) is 0.158. The number of anilines is 3. The Kier molecular flexibility index (Phi) is 5.85. The average molecular weight is 381 g/mol. The van der Waals surface area contributed by atoms with Gasteiger partial charge in [-0.05, 0) is 30.5 Å². The molecule has 0 spiro atoms. The van der Waals surface area contributed by atoms with Crippen molar-refractivity contribution >= 4 is 40.3 Å². The molecule has 3 N–H and O–H groups in total. The van der Waals surface area contributed by atoms with Crippen molar-refractivity contribution in [1.29, 1.82) is 0 Å². The second-order valence-corrected chi connectivity index (χ2v) is 5.62. The maximum absolute atomic E-state index is 11.7. The van der Waals surface area contributed by atoms with Crippen molar-refractivity contribution in [3.8, 4) is 5.88 Å². The smallest absolute Gasteiger partial charge is 0.437 e. The number of amides is 2. The van der Waals surface area contributed by atoms with Crippen LogP contribution in [-0.2, 0) is 4.74 Å². The number of nitrogens with zero attached hydrogens (tertiary/aromatic N) is 2. The minimum atomic E-state index is -0.842. The van der Waals surface area contributed by atoms with Crippen molar-refractivity contribution in [1.82, 2.24) is 15.3 Å². The molecule has 3 rings (SSSR count). The van der Waals surface area contributed by atoms with Gasteiger partial charge in [-0.1, -0.05) is 18.2 Å². The lowest BCUT2D eigenvalue weighted by atomic mass is 10.1. The summed E-state index contributed by atoms with van der Waals surface area (Å²) in [5.74, 6) is 1.05. The van der Waals surface area contributed by atoms with E-state index in [0.717, 1.165) is 16.5 Å². The lowest BCUT2D eigenvalue weighted by Gasteiger charge is -2.11. The van der Waals surface area contributed by atoms with Crippen LogP contribution in [0.2, 0.25) is 0 Å². The molecular formula is C19H19N5O4. The molecule has 2 heterocycles. The van der Waals surface area contributed by atoms with Crippen LogP contribution in [0.3, 0.4) is 0 Å². The maximum atomic E-state index is 11.7. The number of methoxy groups -OCH3 is 1. The van der Waals surface area contributed by atoms with Gasteiger partial charge >= 0.3 is 12.2 Å². The molecular weight excluding hydrogens is 362 g/mol. The summed E-state index contributed by atoms with van der Waals surface area (Å²) in [5.41, 5.74) is 0.761. The van der Waals surface area contributed by atoms with Crippen LogP contribution in [0.15, 0.2) is 48.7 Å². The summed E-state index contributed by atoms with van der Waals surface area (Å²) in [6.45, 7) is 2.36. The van der Waals surface area contributed by atoms with E-state index >= 15 is 0 Å². The Hall–Kier alpha value is -3.88. The summed E-state index contributed by atoms with van der Waals surface area (Å²) in [7, 11) is 1.22. The number of aromatic nitrogens is 2. The van der Waals surface area contributed by atoms with Crippen LogP contribution in [0.25, 0.3) is 10.8 Å². The number of ether oxygens (including phenoxy) is 2. The van der Waals surface area contributed by atoms with E-state index in [4.69, 9.17) is 4.74 Å². The van der Waals surface area contributed by atoms with Gasteiger partial charge in [0.05, 0.1) is 7.11 Å². The zero-order valence-corrected chi connectivity index (χ0v) is 15.4. The average Bonchev–Trinajstić information content (AvgIpc) is 2.68. The van der Waals surface area contributed by atoms with Gasteiger partial charge in [0.1, 0.15) is 11.6 Å². The topological polar surface area (TPSA) is 114 Å². The van der Waals surface area contributed by atoms with Gasteiger partial charge in [0.25, 0.3) is 0 Å². The molecule has 144 valence electrons. The van der Waals surface area contributed by atoms with E-state index in [1.165, 1.54) is 7.11 Å². The van der Waals surface area contributed by atoms with E-state index in [2.05, 4.69) is 30.7 Å². The number of carbonyl (C=O) groups is 2. The van der Waals surface area contributed by atoms with Gasteiger partial charge in [0, 0.05) is 29.9 Å². The SMILES string of the molecule is CCNC(=O)Nc1cc2cccc(Nc3cccc(OC(=O)OC)n3)c2cn1. The Bertz CT molecular complexity index is 1010. The lowest BCUT2D eigenvalue weighted by Crippen LogP contribution is -2.28. The van der Waals surface area contributed by atoms with Crippen molar-refractivity contribution in [2.24, 2.45) is 0 Å². The Morgan fingerprint density at radius 1 is 1.11 bits per heavy atom. The summed E-state index contributed by atoms with van der Waals surface area (Å²) >= 11 is 0. The molecule has 2 aromatic heterocycles. The number of fused-ring (bicyclic) bond motifs is 1. The fourth-order valence-electron chi connectivity index (χ4n) is 2.48. The highest BCUT2D eigenvalue weighted by Gasteiger charge is 2.08. The first-order valence-corrected chi connectivity index (χ1v) is 8.52. The second kappa shape index (κ2) is 8.67. The zero-order chi connectivity index (χ0) is 19.9. The largest absolute Gasteiger partial charge is 0.514 e. The Morgan fingerprint density at radius 2 is 1.93 bits per heavy atom. The quantitative estimate of drug-likeness (QED) is 0.578. The standard InChI is InChI=1S/C19H19N5O4/c1-3-20-18(25)24-16-10-12-6-4-7-14(13(12)11-21-16)22-15-8-5-9-17(23-15)28-19(26)27-2/h4-11H,3H2,1-2H3,(H,22,23)(H2,20,21,24,25). The van der Waals surface area contributed by atoms with Gasteiger partial charge in [-0.15, -0.1) is 0 Å². The predicted molar refractivity (Wildman–Crippen MR) is 105 cm³/mol. The number of benzene rings is 1. The second-order valence-electron chi connectivity index (χ2n) is 5.62. The van der Waals surface area contributed by atoms with Crippen molar-refractivity contribution in [3.63, 3.8) is 0 Å². The molecule has 3 aromatic rings. The molecule has 9 heteroatoms. The summed E-state index contributed by atoms with van der Waals surface area (Å²) in [6, 6.07) is 12.1. The fourth-order valence-corrected chi connectivity index (χ4v) is 2.48. The molecule has 28 heavy (non-hydrogen) atoms. The van der Waals surface area contributed by atoms with E-state index in [9.17, 15) is 9.59 Å². The molecule has 0 aliphatic carbocycles. The predicted octanol–water partition coefficient (Wildman–Crippen LogP) is 3.66. The molecule has 0 unspecified atom stereocenters. The van der Waals surface area contributed by atoms with Crippen molar-refractivity contribution in [2.45, 2.75) is 6.92 Å². The van der Waals surface area contributed by atoms with Crippen LogP contribution >= 0.6 is 0 Å². The number of hydrogen-bond donors (Lipinski definition) is 3. The monoisotopic (exact) mass is 381 g/mol. The summed E-state index contributed by atoms with van der Waals surface area (Å²) < 4.78 is 9.39. The number of hydrogen-bond acceptors (Lipinski definition) is 7.